The summed E-state index contributed by atoms with van der Waals surface area (Å²) in [5, 5.41) is 0.258. The number of carbonyl (C=O) groups excluding carboxylic acids is 4. The second kappa shape index (κ2) is 8.25. The second-order valence-electron chi connectivity index (χ2n) is 6.73. The smallest absolute Gasteiger partial charge is 0.338 e. The van der Waals surface area contributed by atoms with Crippen LogP contribution in [0.2, 0.25) is 5.02 Å². The zero-order chi connectivity index (χ0) is 21.3. The van der Waals surface area contributed by atoms with E-state index in [9.17, 15) is 19.2 Å². The van der Waals surface area contributed by atoms with Crippen LogP contribution in [0.1, 0.15) is 31.1 Å². The summed E-state index contributed by atoms with van der Waals surface area (Å²) in [5.74, 6) is -2.17. The zero-order valence-electron chi connectivity index (χ0n) is 15.8. The second-order valence-corrected chi connectivity index (χ2v) is 7.13. The Balaban J connectivity index is 1.49. The molecule has 0 radical (unpaired) electrons. The Bertz CT molecular complexity index is 1050. The zero-order valence-corrected chi connectivity index (χ0v) is 16.6. The summed E-state index contributed by atoms with van der Waals surface area (Å²) in [7, 11) is 0. The van der Waals surface area contributed by atoms with Gasteiger partial charge in [0.25, 0.3) is 17.7 Å². The number of imide groups is 1. The Morgan fingerprint density at radius 2 is 1.70 bits per heavy atom. The molecule has 2 aliphatic heterocycles. The van der Waals surface area contributed by atoms with Gasteiger partial charge >= 0.3 is 5.97 Å². The summed E-state index contributed by atoms with van der Waals surface area (Å²) in [6, 6.07) is 10.6. The summed E-state index contributed by atoms with van der Waals surface area (Å²) in [6.07, 6.45) is 0. The molecule has 0 N–H and O–H groups in total. The van der Waals surface area contributed by atoms with Crippen molar-refractivity contribution >= 4 is 41.0 Å². The minimum absolute atomic E-state index is 0.0747. The number of benzene rings is 2. The lowest BCUT2D eigenvalue weighted by Gasteiger charge is -2.26. The van der Waals surface area contributed by atoms with Crippen molar-refractivity contribution < 1.29 is 28.7 Å². The molecule has 2 heterocycles. The number of para-hydroxylation sites is 1. The van der Waals surface area contributed by atoms with Gasteiger partial charge in [-0.15, -0.1) is 0 Å². The molecule has 2 aromatic rings. The van der Waals surface area contributed by atoms with Crippen LogP contribution in [0.15, 0.2) is 42.5 Å². The van der Waals surface area contributed by atoms with Gasteiger partial charge in [0.1, 0.15) is 0 Å². The number of amides is 3. The molecule has 1 fully saturated rings. The Kier molecular flexibility index (Phi) is 5.52. The average Bonchev–Trinajstić information content (AvgIpc) is 3.02. The quantitative estimate of drug-likeness (QED) is 0.547. The van der Waals surface area contributed by atoms with Crippen molar-refractivity contribution in [3.8, 4) is 0 Å². The topological polar surface area (TPSA) is 93.2 Å². The Morgan fingerprint density at radius 3 is 2.43 bits per heavy atom. The van der Waals surface area contributed by atoms with Crippen LogP contribution in [-0.4, -0.2) is 61.5 Å². The molecule has 0 saturated carbocycles. The van der Waals surface area contributed by atoms with E-state index < -0.39 is 24.4 Å². The SMILES string of the molecule is O=C(OCC(=O)N1CCOCC1)c1ccc2c(c1)C(=O)N(c1ccccc1Cl)C2=O. The molecule has 0 atom stereocenters. The number of hydrogen-bond donors (Lipinski definition) is 0. The predicted octanol–water partition coefficient (Wildman–Crippen LogP) is 2.16. The van der Waals surface area contributed by atoms with Gasteiger partial charge in [-0.1, -0.05) is 23.7 Å². The molecule has 2 aromatic carbocycles. The van der Waals surface area contributed by atoms with E-state index in [1.165, 1.54) is 18.2 Å². The van der Waals surface area contributed by atoms with Crippen molar-refractivity contribution in [2.45, 2.75) is 0 Å². The minimum Gasteiger partial charge on any atom is -0.452 e. The minimum atomic E-state index is -0.754. The number of carbonyl (C=O) groups is 4. The lowest BCUT2D eigenvalue weighted by molar-refractivity contribution is -0.138. The average molecular weight is 429 g/mol. The van der Waals surface area contributed by atoms with E-state index in [1.54, 1.807) is 29.2 Å². The van der Waals surface area contributed by atoms with E-state index in [0.29, 0.717) is 26.3 Å². The van der Waals surface area contributed by atoms with Gasteiger partial charge in [0, 0.05) is 13.1 Å². The fraction of sp³-hybridized carbons (Fsp3) is 0.238. The maximum absolute atomic E-state index is 12.8. The van der Waals surface area contributed by atoms with Gasteiger partial charge in [0.15, 0.2) is 6.61 Å². The largest absolute Gasteiger partial charge is 0.452 e. The molecular formula is C21H17ClN2O6. The van der Waals surface area contributed by atoms with E-state index in [2.05, 4.69) is 0 Å². The molecule has 0 spiro atoms. The molecule has 0 unspecified atom stereocenters. The number of halogens is 1. The summed E-state index contributed by atoms with van der Waals surface area (Å²) in [5.41, 5.74) is 0.589. The lowest BCUT2D eigenvalue weighted by atomic mass is 10.1. The van der Waals surface area contributed by atoms with E-state index in [-0.39, 0.29) is 33.3 Å². The molecule has 0 aromatic heterocycles. The van der Waals surface area contributed by atoms with Crippen LogP contribution in [0.3, 0.4) is 0 Å². The monoisotopic (exact) mass is 428 g/mol. The maximum Gasteiger partial charge on any atom is 0.338 e. The third kappa shape index (κ3) is 3.67. The van der Waals surface area contributed by atoms with Gasteiger partial charge in [-0.2, -0.15) is 0 Å². The summed E-state index contributed by atoms with van der Waals surface area (Å²) >= 11 is 6.13. The Labute approximate surface area is 176 Å². The van der Waals surface area contributed by atoms with Crippen LogP contribution in [0, 0.1) is 0 Å². The number of fused-ring (bicyclic) bond motifs is 1. The summed E-state index contributed by atoms with van der Waals surface area (Å²) < 4.78 is 10.3. The molecule has 2 aliphatic rings. The maximum atomic E-state index is 12.8. The Morgan fingerprint density at radius 1 is 1.00 bits per heavy atom. The molecule has 1 saturated heterocycles. The normalized spacial score (nSPS) is 15.9. The first-order chi connectivity index (χ1) is 14.5. The molecule has 8 nitrogen and oxygen atoms in total. The van der Waals surface area contributed by atoms with E-state index in [4.69, 9.17) is 21.1 Å². The van der Waals surface area contributed by atoms with Crippen LogP contribution in [-0.2, 0) is 14.3 Å². The van der Waals surface area contributed by atoms with Crippen molar-refractivity contribution in [2.24, 2.45) is 0 Å². The third-order valence-electron chi connectivity index (χ3n) is 4.91. The van der Waals surface area contributed by atoms with Crippen LogP contribution < -0.4 is 4.90 Å². The fourth-order valence-electron chi connectivity index (χ4n) is 3.33. The van der Waals surface area contributed by atoms with Crippen LogP contribution in [0.4, 0.5) is 5.69 Å². The molecule has 30 heavy (non-hydrogen) atoms. The molecule has 9 heteroatoms. The van der Waals surface area contributed by atoms with E-state index in [1.807, 2.05) is 0 Å². The molecular weight excluding hydrogens is 412 g/mol. The number of rotatable bonds is 4. The van der Waals surface area contributed by atoms with E-state index >= 15 is 0 Å². The van der Waals surface area contributed by atoms with Gasteiger partial charge in [-0.3, -0.25) is 14.4 Å². The first kappa shape index (κ1) is 20.1. The number of nitrogens with zero attached hydrogens (tertiary/aromatic N) is 2. The van der Waals surface area contributed by atoms with Crippen LogP contribution >= 0.6 is 11.6 Å². The van der Waals surface area contributed by atoms with Crippen molar-refractivity contribution in [1.29, 1.82) is 0 Å². The number of hydrogen-bond acceptors (Lipinski definition) is 6. The van der Waals surface area contributed by atoms with Gasteiger partial charge in [0.05, 0.1) is 40.6 Å². The first-order valence-electron chi connectivity index (χ1n) is 9.27. The predicted molar refractivity (Wildman–Crippen MR) is 107 cm³/mol. The number of ether oxygens (including phenoxy) is 2. The summed E-state index contributed by atoms with van der Waals surface area (Å²) in [6.45, 7) is 1.38. The van der Waals surface area contributed by atoms with Gasteiger partial charge in [0.2, 0.25) is 0 Å². The van der Waals surface area contributed by atoms with Crippen molar-refractivity contribution in [3.63, 3.8) is 0 Å². The fourth-order valence-corrected chi connectivity index (χ4v) is 3.55. The van der Waals surface area contributed by atoms with Gasteiger partial charge in [-0.05, 0) is 30.3 Å². The molecule has 4 rings (SSSR count). The highest BCUT2D eigenvalue weighted by Crippen LogP contribution is 2.33. The van der Waals surface area contributed by atoms with Gasteiger partial charge < -0.3 is 14.4 Å². The van der Waals surface area contributed by atoms with Crippen molar-refractivity contribution in [2.75, 3.05) is 37.8 Å². The molecule has 0 bridgehead atoms. The molecule has 154 valence electrons. The summed E-state index contributed by atoms with van der Waals surface area (Å²) in [4.78, 5) is 52.6. The molecule has 0 aliphatic carbocycles. The number of esters is 1. The number of anilines is 1. The van der Waals surface area contributed by atoms with Crippen LogP contribution in [0.5, 0.6) is 0 Å². The molecule has 3 amide bonds. The highest BCUT2D eigenvalue weighted by molar-refractivity contribution is 6.39. The first-order valence-corrected chi connectivity index (χ1v) is 9.65. The van der Waals surface area contributed by atoms with Crippen LogP contribution in [0.25, 0.3) is 0 Å². The van der Waals surface area contributed by atoms with Crippen molar-refractivity contribution in [1.82, 2.24) is 4.90 Å². The lowest BCUT2D eigenvalue weighted by Crippen LogP contribution is -2.42. The number of morpholine rings is 1. The highest BCUT2D eigenvalue weighted by atomic mass is 35.5. The highest BCUT2D eigenvalue weighted by Gasteiger charge is 2.38. The Hall–Kier alpha value is -3.23. The van der Waals surface area contributed by atoms with E-state index in [0.717, 1.165) is 4.90 Å². The third-order valence-corrected chi connectivity index (χ3v) is 5.23. The van der Waals surface area contributed by atoms with Gasteiger partial charge in [-0.25, -0.2) is 9.69 Å². The van der Waals surface area contributed by atoms with Crippen molar-refractivity contribution in [3.05, 3.63) is 64.2 Å². The standard InChI is InChI=1S/C21H17ClN2O6/c22-16-3-1-2-4-17(16)24-19(26)14-6-5-13(11-15(14)20(24)27)21(28)30-12-18(25)23-7-9-29-10-8-23/h1-6,11H,7-10,12H2.